The molecule has 0 bridgehead atoms. The molecule has 0 saturated carbocycles. The summed E-state index contributed by atoms with van der Waals surface area (Å²) in [7, 11) is 0. The number of benzene rings is 1. The highest BCUT2D eigenvalue weighted by atomic mass is 16.5. The van der Waals surface area contributed by atoms with Gasteiger partial charge in [0, 0.05) is 25.1 Å². The predicted octanol–water partition coefficient (Wildman–Crippen LogP) is 2.21. The number of anilines is 2. The molecule has 7 heteroatoms. The second-order valence-corrected chi connectivity index (χ2v) is 6.14. The lowest BCUT2D eigenvalue weighted by Gasteiger charge is -2.18. The number of aromatic nitrogens is 4. The van der Waals surface area contributed by atoms with Crippen molar-refractivity contribution < 1.29 is 4.74 Å². The van der Waals surface area contributed by atoms with Crippen LogP contribution in [-0.2, 0) is 0 Å². The number of nitrogens with two attached hydrogens (primary N) is 1. The highest BCUT2D eigenvalue weighted by molar-refractivity contribution is 5.47. The van der Waals surface area contributed by atoms with E-state index in [4.69, 9.17) is 10.5 Å². The van der Waals surface area contributed by atoms with E-state index in [0.29, 0.717) is 11.6 Å². The number of hydrogen-bond donors (Lipinski definition) is 1. The lowest BCUT2D eigenvalue weighted by molar-refractivity contribution is 0.225. The van der Waals surface area contributed by atoms with Gasteiger partial charge >= 0.3 is 0 Å². The van der Waals surface area contributed by atoms with Crippen LogP contribution in [0.5, 0.6) is 5.75 Å². The Bertz CT molecular complexity index is 863. The fourth-order valence-corrected chi connectivity index (χ4v) is 3.05. The predicted molar refractivity (Wildman–Crippen MR) is 96.0 cm³/mol. The molecule has 2 aromatic heterocycles. The summed E-state index contributed by atoms with van der Waals surface area (Å²) in [6.45, 7) is 3.58. The fraction of sp³-hybridized carbons (Fsp3) is 0.278. The number of para-hydroxylation sites is 1. The van der Waals surface area contributed by atoms with Crippen LogP contribution < -0.4 is 15.4 Å². The average Bonchev–Trinajstić information content (AvgIpc) is 3.22. The third kappa shape index (κ3) is 3.26. The quantitative estimate of drug-likeness (QED) is 0.786. The Morgan fingerprint density at radius 2 is 1.92 bits per heavy atom. The van der Waals surface area contributed by atoms with Crippen molar-refractivity contribution in [1.82, 2.24) is 19.7 Å². The van der Waals surface area contributed by atoms with Crippen LogP contribution in [0.15, 0.2) is 48.8 Å². The van der Waals surface area contributed by atoms with E-state index in [2.05, 4.69) is 20.0 Å². The van der Waals surface area contributed by atoms with Gasteiger partial charge in [-0.1, -0.05) is 18.2 Å². The maximum atomic E-state index is 6.04. The molecule has 0 amide bonds. The summed E-state index contributed by atoms with van der Waals surface area (Å²) in [5.74, 6) is 2.99. The summed E-state index contributed by atoms with van der Waals surface area (Å²) in [4.78, 5) is 10.9. The Labute approximate surface area is 146 Å². The first-order valence-corrected chi connectivity index (χ1v) is 8.30. The highest BCUT2D eigenvalue weighted by Crippen LogP contribution is 2.23. The largest absolute Gasteiger partial charge is 0.489 e. The molecular formula is C18H20N6O. The summed E-state index contributed by atoms with van der Waals surface area (Å²) in [5, 5.41) is 4.38. The highest BCUT2D eigenvalue weighted by Gasteiger charge is 2.25. The number of nitrogens with zero attached hydrogens (tertiary/aromatic N) is 5. The Kier molecular flexibility index (Phi) is 3.97. The lowest BCUT2D eigenvalue weighted by atomic mass is 10.3. The topological polar surface area (TPSA) is 82.1 Å². The second-order valence-electron chi connectivity index (χ2n) is 6.14. The summed E-state index contributed by atoms with van der Waals surface area (Å²) in [5.41, 5.74) is 6.85. The van der Waals surface area contributed by atoms with Crippen molar-refractivity contribution in [2.75, 3.05) is 23.7 Å². The zero-order valence-electron chi connectivity index (χ0n) is 14.0. The minimum Gasteiger partial charge on any atom is -0.489 e. The maximum absolute atomic E-state index is 6.04. The van der Waals surface area contributed by atoms with E-state index < -0.39 is 0 Å². The number of aryl methyl sites for hydroxylation is 1. The van der Waals surface area contributed by atoms with E-state index in [-0.39, 0.29) is 6.10 Å². The fourth-order valence-electron chi connectivity index (χ4n) is 3.05. The van der Waals surface area contributed by atoms with Gasteiger partial charge in [-0.15, -0.1) is 0 Å². The third-order valence-electron chi connectivity index (χ3n) is 4.23. The van der Waals surface area contributed by atoms with E-state index in [1.54, 1.807) is 11.0 Å². The summed E-state index contributed by atoms with van der Waals surface area (Å²) in [6.07, 6.45) is 2.65. The Morgan fingerprint density at radius 1 is 1.12 bits per heavy atom. The van der Waals surface area contributed by atoms with Crippen LogP contribution in [0, 0.1) is 6.92 Å². The van der Waals surface area contributed by atoms with E-state index in [9.17, 15) is 0 Å². The first-order chi connectivity index (χ1) is 12.2. The Balaban J connectivity index is 1.49. The van der Waals surface area contributed by atoms with Crippen LogP contribution in [0.25, 0.3) is 5.82 Å². The first-order valence-electron chi connectivity index (χ1n) is 8.30. The zero-order chi connectivity index (χ0) is 17.2. The van der Waals surface area contributed by atoms with Crippen LogP contribution in [0.1, 0.15) is 12.1 Å². The molecule has 0 spiro atoms. The van der Waals surface area contributed by atoms with Gasteiger partial charge < -0.3 is 15.4 Å². The molecule has 0 radical (unpaired) electrons. The Morgan fingerprint density at radius 3 is 2.68 bits per heavy atom. The van der Waals surface area contributed by atoms with Gasteiger partial charge in [0.15, 0.2) is 5.82 Å². The summed E-state index contributed by atoms with van der Waals surface area (Å²) < 4.78 is 7.68. The van der Waals surface area contributed by atoms with E-state index in [1.807, 2.05) is 49.4 Å². The van der Waals surface area contributed by atoms with Crippen LogP contribution >= 0.6 is 0 Å². The molecule has 0 unspecified atom stereocenters. The molecule has 1 saturated heterocycles. The van der Waals surface area contributed by atoms with Crippen LogP contribution in [-0.4, -0.2) is 38.9 Å². The first kappa shape index (κ1) is 15.4. The van der Waals surface area contributed by atoms with E-state index in [1.165, 1.54) is 0 Å². The number of rotatable bonds is 4. The molecule has 1 aliphatic rings. The second kappa shape index (κ2) is 6.43. The van der Waals surface area contributed by atoms with Crippen molar-refractivity contribution >= 4 is 11.6 Å². The van der Waals surface area contributed by atoms with Gasteiger partial charge in [0.05, 0.1) is 12.2 Å². The molecule has 25 heavy (non-hydrogen) atoms. The van der Waals surface area contributed by atoms with E-state index >= 15 is 0 Å². The van der Waals surface area contributed by atoms with Crippen molar-refractivity contribution in [3.05, 3.63) is 54.5 Å². The molecule has 3 heterocycles. The lowest BCUT2D eigenvalue weighted by Crippen LogP contribution is -2.25. The van der Waals surface area contributed by atoms with Gasteiger partial charge in [-0.3, -0.25) is 0 Å². The normalized spacial score (nSPS) is 17.0. The van der Waals surface area contributed by atoms with Crippen molar-refractivity contribution in [3.63, 3.8) is 0 Å². The third-order valence-corrected chi connectivity index (χ3v) is 4.23. The SMILES string of the molecule is Cc1cc(N)n(-c2cc(N3CC[C@H](Oc4ccccc4)C3)ncn2)n1. The number of nitrogen functional groups attached to an aromatic ring is 1. The van der Waals surface area contributed by atoms with E-state index in [0.717, 1.165) is 36.8 Å². The van der Waals surface area contributed by atoms with Gasteiger partial charge in [-0.05, 0) is 19.1 Å². The molecule has 0 aliphatic carbocycles. The molecule has 3 aromatic rings. The molecule has 4 rings (SSSR count). The average molecular weight is 336 g/mol. The summed E-state index contributed by atoms with van der Waals surface area (Å²) in [6, 6.07) is 13.6. The molecule has 128 valence electrons. The smallest absolute Gasteiger partial charge is 0.161 e. The van der Waals surface area contributed by atoms with Gasteiger partial charge in [0.2, 0.25) is 0 Å². The van der Waals surface area contributed by atoms with Crippen LogP contribution in [0.2, 0.25) is 0 Å². The number of ether oxygens (including phenoxy) is 1. The molecular weight excluding hydrogens is 316 g/mol. The van der Waals surface area contributed by atoms with Gasteiger partial charge in [-0.2, -0.15) is 9.78 Å². The minimum atomic E-state index is 0.151. The Hall–Kier alpha value is -3.09. The number of hydrogen-bond acceptors (Lipinski definition) is 6. The van der Waals surface area contributed by atoms with Gasteiger partial charge in [0.1, 0.15) is 29.8 Å². The molecule has 7 nitrogen and oxygen atoms in total. The van der Waals surface area contributed by atoms with Crippen molar-refractivity contribution in [1.29, 1.82) is 0 Å². The van der Waals surface area contributed by atoms with Crippen molar-refractivity contribution in [3.8, 4) is 11.6 Å². The standard InChI is InChI=1S/C18H20N6O/c1-13-9-16(19)24(22-13)18-10-17(20-12-21-18)23-8-7-15(11-23)25-14-5-3-2-4-6-14/h2-6,9-10,12,15H,7-8,11,19H2,1H3/t15-/m0/s1. The minimum absolute atomic E-state index is 0.151. The maximum Gasteiger partial charge on any atom is 0.161 e. The molecule has 1 aliphatic heterocycles. The van der Waals surface area contributed by atoms with Crippen molar-refractivity contribution in [2.24, 2.45) is 0 Å². The van der Waals surface area contributed by atoms with Crippen molar-refractivity contribution in [2.45, 2.75) is 19.4 Å². The monoisotopic (exact) mass is 336 g/mol. The van der Waals surface area contributed by atoms with Crippen LogP contribution in [0.4, 0.5) is 11.6 Å². The molecule has 1 fully saturated rings. The van der Waals surface area contributed by atoms with Crippen LogP contribution in [0.3, 0.4) is 0 Å². The molecule has 1 aromatic carbocycles. The molecule has 2 N–H and O–H groups in total. The zero-order valence-corrected chi connectivity index (χ0v) is 14.0. The van der Waals surface area contributed by atoms with Gasteiger partial charge in [0.25, 0.3) is 0 Å². The molecule has 1 atom stereocenters. The van der Waals surface area contributed by atoms with Gasteiger partial charge in [-0.25, -0.2) is 9.97 Å². The summed E-state index contributed by atoms with van der Waals surface area (Å²) >= 11 is 0.